The molecule has 6 nitrogen and oxygen atoms in total. The zero-order chi connectivity index (χ0) is 18.0. The summed E-state index contributed by atoms with van der Waals surface area (Å²) in [6.45, 7) is 6.15. The van der Waals surface area contributed by atoms with Gasteiger partial charge < -0.3 is 15.1 Å². The van der Waals surface area contributed by atoms with E-state index in [4.69, 9.17) is 0 Å². The fourth-order valence-electron chi connectivity index (χ4n) is 3.54. The molecule has 6 heteroatoms. The van der Waals surface area contributed by atoms with Gasteiger partial charge in [0, 0.05) is 50.9 Å². The first-order chi connectivity index (χ1) is 11.9. The van der Waals surface area contributed by atoms with E-state index in [-0.39, 0.29) is 17.7 Å². The van der Waals surface area contributed by atoms with Crippen LogP contribution in [0, 0.1) is 12.8 Å². The van der Waals surface area contributed by atoms with Crippen molar-refractivity contribution in [2.75, 3.05) is 51.7 Å². The maximum absolute atomic E-state index is 12.5. The van der Waals surface area contributed by atoms with Crippen LogP contribution in [0.5, 0.6) is 0 Å². The summed E-state index contributed by atoms with van der Waals surface area (Å²) in [6.07, 6.45) is 0.292. The summed E-state index contributed by atoms with van der Waals surface area (Å²) in [5.74, 6) is -0.247. The lowest BCUT2D eigenvalue weighted by Gasteiger charge is -2.37. The average Bonchev–Trinajstić information content (AvgIpc) is 2.98. The molecule has 0 aliphatic carbocycles. The largest absolute Gasteiger partial charge is 0.354 e. The molecule has 2 fully saturated rings. The van der Waals surface area contributed by atoms with Crippen LogP contribution in [0.15, 0.2) is 24.3 Å². The molecule has 0 aromatic heterocycles. The first kappa shape index (κ1) is 17.9. The molecule has 0 unspecified atom stereocenters. The number of hydrogen-bond acceptors (Lipinski definition) is 4. The molecule has 2 amide bonds. The van der Waals surface area contributed by atoms with Gasteiger partial charge in [-0.25, -0.2) is 0 Å². The number of amides is 2. The molecule has 1 N–H and O–H groups in total. The van der Waals surface area contributed by atoms with Crippen LogP contribution in [-0.4, -0.2) is 74.5 Å². The van der Waals surface area contributed by atoms with Crippen LogP contribution in [0.25, 0.3) is 0 Å². The van der Waals surface area contributed by atoms with Gasteiger partial charge >= 0.3 is 0 Å². The Balaban J connectivity index is 1.54. The van der Waals surface area contributed by atoms with Crippen LogP contribution in [-0.2, 0) is 9.59 Å². The van der Waals surface area contributed by atoms with Gasteiger partial charge in [-0.2, -0.15) is 0 Å². The van der Waals surface area contributed by atoms with Crippen molar-refractivity contribution in [3.05, 3.63) is 29.8 Å². The van der Waals surface area contributed by atoms with Crippen molar-refractivity contribution in [1.82, 2.24) is 15.1 Å². The van der Waals surface area contributed by atoms with E-state index in [1.165, 1.54) is 0 Å². The summed E-state index contributed by atoms with van der Waals surface area (Å²) in [5.41, 5.74) is 2.03. The van der Waals surface area contributed by atoms with E-state index >= 15 is 0 Å². The maximum Gasteiger partial charge on any atom is 0.227 e. The summed E-state index contributed by atoms with van der Waals surface area (Å²) < 4.78 is 0. The third-order valence-electron chi connectivity index (χ3n) is 5.33. The van der Waals surface area contributed by atoms with E-state index in [1.54, 1.807) is 4.90 Å². The van der Waals surface area contributed by atoms with Gasteiger partial charge in [0.2, 0.25) is 11.8 Å². The number of carbonyl (C=O) groups excluding carboxylic acids is 2. The zero-order valence-corrected chi connectivity index (χ0v) is 15.4. The van der Waals surface area contributed by atoms with E-state index in [1.807, 2.05) is 31.2 Å². The molecule has 2 aliphatic heterocycles. The summed E-state index contributed by atoms with van der Waals surface area (Å²) in [6, 6.07) is 8.20. The Morgan fingerprint density at radius 3 is 2.60 bits per heavy atom. The molecule has 2 heterocycles. The highest BCUT2D eigenvalue weighted by molar-refractivity contribution is 6.00. The minimum Gasteiger partial charge on any atom is -0.354 e. The van der Waals surface area contributed by atoms with Gasteiger partial charge in [-0.15, -0.1) is 0 Å². The minimum absolute atomic E-state index is 0.00964. The number of hydrogen-bond donors (Lipinski definition) is 1. The van der Waals surface area contributed by atoms with Crippen LogP contribution in [0.3, 0.4) is 0 Å². The van der Waals surface area contributed by atoms with Crippen molar-refractivity contribution in [1.29, 1.82) is 0 Å². The number of anilines is 1. The van der Waals surface area contributed by atoms with Crippen molar-refractivity contribution in [3.63, 3.8) is 0 Å². The van der Waals surface area contributed by atoms with E-state index in [0.29, 0.717) is 25.6 Å². The SMILES string of the molecule is Cc1ccc(N2C[C@@H](C(=O)NC[C@H]3CN(C)CCN3C)CC2=O)cc1. The highest BCUT2D eigenvalue weighted by atomic mass is 16.2. The minimum atomic E-state index is -0.263. The first-order valence-electron chi connectivity index (χ1n) is 8.97. The summed E-state index contributed by atoms with van der Waals surface area (Å²) in [5, 5.41) is 3.06. The number of piperazine rings is 1. The third-order valence-corrected chi connectivity index (χ3v) is 5.33. The maximum atomic E-state index is 12.5. The van der Waals surface area contributed by atoms with Crippen LogP contribution < -0.4 is 10.2 Å². The molecule has 2 atom stereocenters. The van der Waals surface area contributed by atoms with Gasteiger partial charge in [0.25, 0.3) is 0 Å². The van der Waals surface area contributed by atoms with E-state index < -0.39 is 0 Å². The molecule has 0 spiro atoms. The molecule has 1 aromatic rings. The number of benzene rings is 1. The summed E-state index contributed by atoms with van der Waals surface area (Å²) >= 11 is 0. The third kappa shape index (κ3) is 4.19. The van der Waals surface area contributed by atoms with Crippen molar-refractivity contribution >= 4 is 17.5 Å². The fourth-order valence-corrected chi connectivity index (χ4v) is 3.54. The smallest absolute Gasteiger partial charge is 0.227 e. The Bertz CT molecular complexity index is 631. The van der Waals surface area contributed by atoms with Crippen LogP contribution in [0.2, 0.25) is 0 Å². The summed E-state index contributed by atoms with van der Waals surface area (Å²) in [4.78, 5) is 31.1. The Morgan fingerprint density at radius 2 is 1.88 bits per heavy atom. The monoisotopic (exact) mass is 344 g/mol. The van der Waals surface area contributed by atoms with Crippen molar-refractivity contribution in [2.45, 2.75) is 19.4 Å². The molecule has 0 radical (unpaired) electrons. The van der Waals surface area contributed by atoms with Crippen molar-refractivity contribution < 1.29 is 9.59 Å². The standard InChI is InChI=1S/C19H28N4O2/c1-14-4-6-16(7-5-14)23-12-15(10-18(23)24)19(25)20-11-17-13-21(2)8-9-22(17)3/h4-7,15,17H,8-13H2,1-3H3,(H,20,25)/t15-,17-/m0/s1. The van der Waals surface area contributed by atoms with Gasteiger partial charge in [0.15, 0.2) is 0 Å². The number of likely N-dealkylation sites (N-methyl/N-ethyl adjacent to an activating group) is 2. The van der Waals surface area contributed by atoms with Crippen LogP contribution in [0.4, 0.5) is 5.69 Å². The van der Waals surface area contributed by atoms with E-state index in [9.17, 15) is 9.59 Å². The van der Waals surface area contributed by atoms with Crippen molar-refractivity contribution in [3.8, 4) is 0 Å². The predicted molar refractivity (Wildman–Crippen MR) is 98.6 cm³/mol. The molecule has 136 valence electrons. The second-order valence-electron chi connectivity index (χ2n) is 7.38. The highest BCUT2D eigenvalue weighted by Gasteiger charge is 2.35. The topological polar surface area (TPSA) is 55.9 Å². The summed E-state index contributed by atoms with van der Waals surface area (Å²) in [7, 11) is 4.21. The highest BCUT2D eigenvalue weighted by Crippen LogP contribution is 2.25. The number of nitrogens with one attached hydrogen (secondary N) is 1. The molecule has 1 aromatic carbocycles. The molecular weight excluding hydrogens is 316 g/mol. The molecule has 3 rings (SSSR count). The first-order valence-corrected chi connectivity index (χ1v) is 8.97. The van der Waals surface area contributed by atoms with E-state index in [2.05, 4.69) is 29.2 Å². The molecular formula is C19H28N4O2. The number of aryl methyl sites for hydroxylation is 1. The second kappa shape index (κ2) is 7.54. The lowest BCUT2D eigenvalue weighted by molar-refractivity contribution is -0.126. The lowest BCUT2D eigenvalue weighted by Crippen LogP contribution is -2.54. The fraction of sp³-hybridized carbons (Fsp3) is 0.579. The lowest BCUT2D eigenvalue weighted by atomic mass is 10.1. The van der Waals surface area contributed by atoms with Crippen LogP contribution >= 0.6 is 0 Å². The van der Waals surface area contributed by atoms with Gasteiger partial charge in [-0.1, -0.05) is 17.7 Å². The quantitative estimate of drug-likeness (QED) is 0.874. The number of carbonyl (C=O) groups is 2. The van der Waals surface area contributed by atoms with Gasteiger partial charge in [0.1, 0.15) is 0 Å². The Kier molecular flexibility index (Phi) is 5.39. The van der Waals surface area contributed by atoms with Crippen LogP contribution in [0.1, 0.15) is 12.0 Å². The number of rotatable bonds is 4. The average molecular weight is 344 g/mol. The van der Waals surface area contributed by atoms with Crippen molar-refractivity contribution in [2.24, 2.45) is 5.92 Å². The molecule has 2 aliphatic rings. The molecule has 0 bridgehead atoms. The Labute approximate surface area is 149 Å². The number of nitrogens with zero attached hydrogens (tertiary/aromatic N) is 3. The zero-order valence-electron chi connectivity index (χ0n) is 15.4. The van der Waals surface area contributed by atoms with Gasteiger partial charge in [-0.05, 0) is 33.2 Å². The van der Waals surface area contributed by atoms with Gasteiger partial charge in [0.05, 0.1) is 5.92 Å². The Hall–Kier alpha value is -1.92. The Morgan fingerprint density at radius 1 is 1.16 bits per heavy atom. The normalized spacial score (nSPS) is 25.4. The van der Waals surface area contributed by atoms with Gasteiger partial charge in [-0.3, -0.25) is 14.5 Å². The van der Waals surface area contributed by atoms with E-state index in [0.717, 1.165) is 30.9 Å². The predicted octanol–water partition coefficient (Wildman–Crippen LogP) is 0.710. The second-order valence-corrected chi connectivity index (χ2v) is 7.38. The molecule has 0 saturated carbocycles. The molecule has 2 saturated heterocycles. The molecule has 25 heavy (non-hydrogen) atoms.